The molecule has 1 aromatic heterocycles. The van der Waals surface area contributed by atoms with Crippen LogP contribution >= 0.6 is 0 Å². The topological polar surface area (TPSA) is 222 Å². The summed E-state index contributed by atoms with van der Waals surface area (Å²) in [5.41, 5.74) is 6.17. The van der Waals surface area contributed by atoms with Crippen molar-refractivity contribution in [2.45, 2.75) is 29.8 Å². The minimum atomic E-state index is -1.06. The zero-order valence-corrected chi connectivity index (χ0v) is 35.5. The van der Waals surface area contributed by atoms with Gasteiger partial charge in [-0.25, -0.2) is 0 Å². The summed E-state index contributed by atoms with van der Waals surface area (Å²) in [6, 6.07) is 34.7. The SMILES string of the molecule is O=C1C=C(O)C2=C(c3ccc(O)cc3)[C@H]([C@@H]3c4cc(O)cc5c4[C@@H](c4cc(O)cc(O)c4[C@H]3c3ccc(O)cc3)[C@H](c3ccc(O)cc3)O5)c3cc(O)cc4oc(-c5ccc(O)cc5)c(c34)C2=C1. The van der Waals surface area contributed by atoms with Crippen LogP contribution in [0.3, 0.4) is 0 Å². The molecule has 0 bridgehead atoms. The summed E-state index contributed by atoms with van der Waals surface area (Å²) < 4.78 is 13.5. The third kappa shape index (κ3) is 6.11. The zero-order valence-electron chi connectivity index (χ0n) is 35.5. The summed E-state index contributed by atoms with van der Waals surface area (Å²) >= 11 is 0. The van der Waals surface area contributed by atoms with E-state index in [1.807, 2.05) is 0 Å². The highest BCUT2D eigenvalue weighted by atomic mass is 16.5. The number of carbonyl (C=O) groups is 1. The van der Waals surface area contributed by atoms with Crippen LogP contribution in [-0.4, -0.2) is 51.7 Å². The molecule has 0 unspecified atom stereocenters. The molecule has 12 rings (SSSR count). The maximum Gasteiger partial charge on any atom is 0.182 e. The van der Waals surface area contributed by atoms with Crippen LogP contribution in [0.15, 0.2) is 161 Å². The van der Waals surface area contributed by atoms with Crippen molar-refractivity contribution < 1.29 is 59.9 Å². The molecule has 9 N–H and O–H groups in total. The van der Waals surface area contributed by atoms with Crippen LogP contribution < -0.4 is 4.74 Å². The van der Waals surface area contributed by atoms with Gasteiger partial charge in [-0.3, -0.25) is 4.79 Å². The van der Waals surface area contributed by atoms with Gasteiger partial charge in [0.25, 0.3) is 0 Å². The lowest BCUT2D eigenvalue weighted by Crippen LogP contribution is -2.23. The number of phenolic OH excluding ortho intramolecular Hbond substituents is 8. The Morgan fingerprint density at radius 1 is 0.471 bits per heavy atom. The molecule has 12 nitrogen and oxygen atoms in total. The number of rotatable bonds is 5. The van der Waals surface area contributed by atoms with Crippen LogP contribution in [0, 0.1) is 0 Å². The number of aliphatic hydroxyl groups is 1. The van der Waals surface area contributed by atoms with Crippen molar-refractivity contribution in [2.75, 3.05) is 0 Å². The normalized spacial score (nSPS) is 20.1. The number of benzene rings is 7. The standard InChI is InChI=1S/C56H38O12/c57-29-9-1-25(2-10-29)45-47-37(17-33(61)21-41(47)65)53-49-39(19-35(63)23-43(49)67-55(53)27-5-13-31(59)14-6-27)51(45)52-40-20-36(64)24-44-50(40)54(56(68-44)28-7-15-32(60)16-8-28)38-18-34(62)22-42(66)48(38)46(52)26-3-11-30(58)12-4-26/h1-24,45,51-53,55,57-61,63-66H/t45-,51-,52-,53-,55+/m1/s1. The highest BCUT2D eigenvalue weighted by Gasteiger charge is 2.52. The lowest BCUT2D eigenvalue weighted by molar-refractivity contribution is -0.110. The molecule has 5 atom stereocenters. The van der Waals surface area contributed by atoms with E-state index < -0.39 is 35.6 Å². The first-order chi connectivity index (χ1) is 32.8. The van der Waals surface area contributed by atoms with E-state index in [2.05, 4.69) is 0 Å². The molecule has 0 amide bonds. The number of ether oxygens (including phenoxy) is 1. The number of hydrogen-bond donors (Lipinski definition) is 9. The van der Waals surface area contributed by atoms with Crippen LogP contribution in [0.25, 0.3) is 33.4 Å². The second-order valence-corrected chi connectivity index (χ2v) is 17.7. The number of furan rings is 1. The molecule has 12 heteroatoms. The predicted octanol–water partition coefficient (Wildman–Crippen LogP) is 10.9. The zero-order chi connectivity index (χ0) is 46.9. The number of carbonyl (C=O) groups excluding carboxylic acids is 1. The second kappa shape index (κ2) is 14.7. The van der Waals surface area contributed by atoms with Gasteiger partial charge >= 0.3 is 0 Å². The Balaban J connectivity index is 1.29. The van der Waals surface area contributed by atoms with Gasteiger partial charge in [0.2, 0.25) is 0 Å². The third-order valence-electron chi connectivity index (χ3n) is 13.8. The number of fused-ring (bicyclic) bond motifs is 4. The van der Waals surface area contributed by atoms with E-state index in [1.54, 1.807) is 66.7 Å². The Hall–Kier alpha value is -9.03. The Labute approximate surface area is 386 Å². The predicted molar refractivity (Wildman–Crippen MR) is 250 cm³/mol. The molecule has 4 aliphatic rings. The van der Waals surface area contributed by atoms with Gasteiger partial charge in [-0.15, -0.1) is 0 Å². The van der Waals surface area contributed by atoms with Crippen LogP contribution in [0.5, 0.6) is 51.7 Å². The number of aliphatic hydroxyl groups excluding tert-OH is 1. The average molecular weight is 903 g/mol. The summed E-state index contributed by atoms with van der Waals surface area (Å²) in [5, 5.41) is 103. The smallest absolute Gasteiger partial charge is 0.182 e. The van der Waals surface area contributed by atoms with Gasteiger partial charge in [0.05, 0.1) is 5.92 Å². The molecule has 0 radical (unpaired) electrons. The Morgan fingerprint density at radius 3 is 1.69 bits per heavy atom. The van der Waals surface area contributed by atoms with Crippen molar-refractivity contribution >= 4 is 27.9 Å². The van der Waals surface area contributed by atoms with Crippen LogP contribution in [0.1, 0.15) is 79.8 Å². The van der Waals surface area contributed by atoms with E-state index in [0.717, 1.165) is 6.08 Å². The lowest BCUT2D eigenvalue weighted by atomic mass is 9.64. The summed E-state index contributed by atoms with van der Waals surface area (Å²) in [4.78, 5) is 13.8. The molecule has 68 heavy (non-hydrogen) atoms. The van der Waals surface area contributed by atoms with Crippen molar-refractivity contribution in [1.82, 2.24) is 0 Å². The third-order valence-corrected chi connectivity index (χ3v) is 13.8. The van der Waals surface area contributed by atoms with Gasteiger partial charge in [-0.05, 0) is 124 Å². The van der Waals surface area contributed by atoms with Gasteiger partial charge in [0.1, 0.15) is 75.0 Å². The molecule has 0 fully saturated rings. The highest BCUT2D eigenvalue weighted by Crippen LogP contribution is 2.67. The summed E-state index contributed by atoms with van der Waals surface area (Å²) in [6.07, 6.45) is 1.70. The maximum absolute atomic E-state index is 13.8. The first-order valence-corrected chi connectivity index (χ1v) is 21.8. The van der Waals surface area contributed by atoms with Crippen LogP contribution in [0.2, 0.25) is 0 Å². The summed E-state index contributed by atoms with van der Waals surface area (Å²) in [6.45, 7) is 0. The van der Waals surface area contributed by atoms with Gasteiger partial charge in [-0.2, -0.15) is 0 Å². The van der Waals surface area contributed by atoms with E-state index in [0.29, 0.717) is 72.3 Å². The molecule has 3 aliphatic carbocycles. The molecule has 8 aromatic rings. The quantitative estimate of drug-likeness (QED) is 0.0787. The Morgan fingerprint density at radius 2 is 1.03 bits per heavy atom. The van der Waals surface area contributed by atoms with E-state index in [-0.39, 0.29) is 74.2 Å². The molecule has 0 saturated heterocycles. The molecule has 7 aromatic carbocycles. The maximum atomic E-state index is 13.8. The molecule has 0 spiro atoms. The second-order valence-electron chi connectivity index (χ2n) is 17.7. The van der Waals surface area contributed by atoms with Gasteiger partial charge in [0.15, 0.2) is 5.78 Å². The van der Waals surface area contributed by atoms with Gasteiger partial charge in [-0.1, -0.05) is 36.4 Å². The Kier molecular flexibility index (Phi) is 8.78. The fourth-order valence-electron chi connectivity index (χ4n) is 11.3. The average Bonchev–Trinajstić information content (AvgIpc) is 3.81. The summed E-state index contributed by atoms with van der Waals surface area (Å²) in [5.74, 6) is -5.07. The fourth-order valence-corrected chi connectivity index (χ4v) is 11.3. The van der Waals surface area contributed by atoms with Gasteiger partial charge in [0, 0.05) is 80.8 Å². The van der Waals surface area contributed by atoms with Crippen LogP contribution in [0.4, 0.5) is 0 Å². The summed E-state index contributed by atoms with van der Waals surface area (Å²) in [7, 11) is 0. The molecule has 0 saturated carbocycles. The largest absolute Gasteiger partial charge is 0.508 e. The first kappa shape index (κ1) is 40.5. The van der Waals surface area contributed by atoms with Crippen molar-refractivity contribution in [3.05, 3.63) is 207 Å². The highest BCUT2D eigenvalue weighted by molar-refractivity contribution is 6.19. The lowest BCUT2D eigenvalue weighted by Gasteiger charge is -2.38. The Bertz CT molecular complexity index is 3540. The number of ketones is 1. The first-order valence-electron chi connectivity index (χ1n) is 21.8. The van der Waals surface area contributed by atoms with E-state index >= 15 is 0 Å². The van der Waals surface area contributed by atoms with E-state index in [1.165, 1.54) is 72.8 Å². The molecule has 334 valence electrons. The molecular formula is C56H38O12. The molecular weight excluding hydrogens is 865 g/mol. The van der Waals surface area contributed by atoms with E-state index in [9.17, 15) is 50.8 Å². The van der Waals surface area contributed by atoms with Crippen molar-refractivity contribution in [3.63, 3.8) is 0 Å². The molecule has 2 heterocycles. The number of aromatic hydroxyl groups is 8. The number of allylic oxidation sites excluding steroid dienone is 4. The van der Waals surface area contributed by atoms with Gasteiger partial charge < -0.3 is 55.1 Å². The molecule has 1 aliphatic heterocycles. The number of phenols is 8. The monoisotopic (exact) mass is 902 g/mol. The van der Waals surface area contributed by atoms with E-state index in [4.69, 9.17) is 9.15 Å². The van der Waals surface area contributed by atoms with Crippen molar-refractivity contribution in [1.29, 1.82) is 0 Å². The van der Waals surface area contributed by atoms with Crippen molar-refractivity contribution in [3.8, 4) is 63.1 Å². The fraction of sp³-hybridized carbons (Fsp3) is 0.0893. The minimum Gasteiger partial charge on any atom is -0.508 e. The van der Waals surface area contributed by atoms with Crippen LogP contribution in [-0.2, 0) is 4.79 Å². The minimum absolute atomic E-state index is 0.00367. The van der Waals surface area contributed by atoms with Crippen molar-refractivity contribution in [2.24, 2.45) is 0 Å². The number of hydrogen-bond acceptors (Lipinski definition) is 12.